The van der Waals surface area contributed by atoms with Gasteiger partial charge in [0.1, 0.15) is 0 Å². The maximum Gasteiger partial charge on any atom is 0.259 e. The second-order valence-corrected chi connectivity index (χ2v) is 4.88. The molecule has 2 amide bonds. The summed E-state index contributed by atoms with van der Waals surface area (Å²) in [7, 11) is 0. The summed E-state index contributed by atoms with van der Waals surface area (Å²) in [5, 5.41) is 8.75. The first-order chi connectivity index (χ1) is 10.1. The van der Waals surface area contributed by atoms with Crippen molar-refractivity contribution in [2.24, 2.45) is 0 Å². The Morgan fingerprint density at radius 3 is 2.81 bits per heavy atom. The minimum atomic E-state index is -0.380. The van der Waals surface area contributed by atoms with Crippen LogP contribution in [0.3, 0.4) is 0 Å². The van der Waals surface area contributed by atoms with Gasteiger partial charge in [-0.1, -0.05) is 0 Å². The molecule has 0 aromatic heterocycles. The van der Waals surface area contributed by atoms with E-state index in [0.29, 0.717) is 41.7 Å². The summed E-state index contributed by atoms with van der Waals surface area (Å²) in [4.78, 5) is 23.0. The van der Waals surface area contributed by atoms with Gasteiger partial charge in [-0.25, -0.2) is 0 Å². The summed E-state index contributed by atoms with van der Waals surface area (Å²) in [6.45, 7) is 4.05. The summed E-state index contributed by atoms with van der Waals surface area (Å²) in [6.07, 6.45) is 0.858. The van der Waals surface area contributed by atoms with Crippen LogP contribution in [0.5, 0.6) is 0 Å². The smallest absolute Gasteiger partial charge is 0.259 e. The van der Waals surface area contributed by atoms with Crippen LogP contribution in [0.2, 0.25) is 0 Å². The predicted octanol–water partition coefficient (Wildman–Crippen LogP) is 1.28. The van der Waals surface area contributed by atoms with Crippen LogP contribution < -0.4 is 16.0 Å². The third-order valence-corrected chi connectivity index (χ3v) is 3.20. The number of rotatable bonds is 6. The summed E-state index contributed by atoms with van der Waals surface area (Å²) >= 11 is 5.16. The summed E-state index contributed by atoms with van der Waals surface area (Å²) in [6, 6.07) is 4.94. The number of amides is 2. The molecule has 0 atom stereocenters. The normalized spacial score (nSPS) is 12.8. The minimum Gasteiger partial charge on any atom is -0.382 e. The Morgan fingerprint density at radius 2 is 2.05 bits per heavy atom. The standard InChI is InChI=1S/C14H17N3O3S/c1-2-20-7-3-6-15-14(21)16-9-4-5-10-11(8-9)13(19)17-12(10)18/h4-5,8H,2-3,6-7H2,1H3,(H2,15,16,21)(H,17,18,19). The van der Waals surface area contributed by atoms with E-state index in [1.165, 1.54) is 0 Å². The molecule has 112 valence electrons. The third-order valence-electron chi connectivity index (χ3n) is 2.95. The molecule has 1 heterocycles. The molecule has 2 rings (SSSR count). The summed E-state index contributed by atoms with van der Waals surface area (Å²) < 4.78 is 5.23. The van der Waals surface area contributed by atoms with E-state index in [1.807, 2.05) is 6.92 Å². The van der Waals surface area contributed by atoms with Crippen LogP contribution in [-0.2, 0) is 4.74 Å². The Bertz CT molecular complexity index is 575. The molecular formula is C14H17N3O3S. The summed E-state index contributed by atoms with van der Waals surface area (Å²) in [5.74, 6) is -0.743. The molecule has 0 aliphatic carbocycles. The molecule has 3 N–H and O–H groups in total. The lowest BCUT2D eigenvalue weighted by molar-refractivity contribution is 0.0879. The van der Waals surface area contributed by atoms with Crippen LogP contribution in [0.4, 0.5) is 5.69 Å². The van der Waals surface area contributed by atoms with Gasteiger partial charge >= 0.3 is 0 Å². The highest BCUT2D eigenvalue weighted by Crippen LogP contribution is 2.20. The van der Waals surface area contributed by atoms with Crippen molar-refractivity contribution in [1.82, 2.24) is 10.6 Å². The van der Waals surface area contributed by atoms with Crippen molar-refractivity contribution in [3.05, 3.63) is 29.3 Å². The molecule has 0 unspecified atom stereocenters. The van der Waals surface area contributed by atoms with Gasteiger partial charge in [-0.15, -0.1) is 0 Å². The predicted molar refractivity (Wildman–Crippen MR) is 83.6 cm³/mol. The number of hydrogen-bond donors (Lipinski definition) is 3. The van der Waals surface area contributed by atoms with Crippen molar-refractivity contribution in [2.45, 2.75) is 13.3 Å². The first-order valence-electron chi connectivity index (χ1n) is 6.74. The van der Waals surface area contributed by atoms with Gasteiger partial charge in [0.15, 0.2) is 5.11 Å². The Kier molecular flexibility index (Phi) is 5.24. The monoisotopic (exact) mass is 307 g/mol. The minimum absolute atomic E-state index is 0.363. The van der Waals surface area contributed by atoms with Crippen molar-refractivity contribution in [1.29, 1.82) is 0 Å². The molecular weight excluding hydrogens is 290 g/mol. The number of carbonyl (C=O) groups is 2. The van der Waals surface area contributed by atoms with Crippen molar-refractivity contribution in [3.63, 3.8) is 0 Å². The van der Waals surface area contributed by atoms with E-state index in [1.54, 1.807) is 18.2 Å². The Labute approximate surface area is 128 Å². The molecule has 1 aromatic rings. The van der Waals surface area contributed by atoms with E-state index < -0.39 is 0 Å². The Morgan fingerprint density at radius 1 is 1.29 bits per heavy atom. The van der Waals surface area contributed by atoms with Crippen LogP contribution >= 0.6 is 12.2 Å². The lowest BCUT2D eigenvalue weighted by Crippen LogP contribution is -2.29. The zero-order valence-electron chi connectivity index (χ0n) is 11.7. The zero-order chi connectivity index (χ0) is 15.2. The van der Waals surface area contributed by atoms with Gasteiger partial charge in [0.05, 0.1) is 11.1 Å². The van der Waals surface area contributed by atoms with Crippen molar-refractivity contribution < 1.29 is 14.3 Å². The van der Waals surface area contributed by atoms with E-state index in [2.05, 4.69) is 16.0 Å². The fraction of sp³-hybridized carbons (Fsp3) is 0.357. The van der Waals surface area contributed by atoms with Crippen molar-refractivity contribution in [2.75, 3.05) is 25.1 Å². The van der Waals surface area contributed by atoms with Crippen molar-refractivity contribution >= 4 is 34.8 Å². The third kappa shape index (κ3) is 3.99. The van der Waals surface area contributed by atoms with Crippen LogP contribution in [-0.4, -0.2) is 36.7 Å². The molecule has 1 aliphatic heterocycles. The van der Waals surface area contributed by atoms with Gasteiger partial charge in [-0.3, -0.25) is 14.9 Å². The van der Waals surface area contributed by atoms with Crippen LogP contribution in [0.1, 0.15) is 34.1 Å². The van der Waals surface area contributed by atoms with Gasteiger partial charge in [0.25, 0.3) is 11.8 Å². The molecule has 0 saturated carbocycles. The number of benzene rings is 1. The van der Waals surface area contributed by atoms with Gasteiger partial charge in [0, 0.05) is 25.4 Å². The number of anilines is 1. The first-order valence-corrected chi connectivity index (χ1v) is 7.15. The lowest BCUT2D eigenvalue weighted by atomic mass is 10.1. The van der Waals surface area contributed by atoms with E-state index in [9.17, 15) is 9.59 Å². The zero-order valence-corrected chi connectivity index (χ0v) is 12.5. The number of thiocarbonyl (C=S) groups is 1. The van der Waals surface area contributed by atoms with Crippen LogP contribution in [0.25, 0.3) is 0 Å². The van der Waals surface area contributed by atoms with E-state index in [0.717, 1.165) is 6.42 Å². The Hall–Kier alpha value is -1.99. The van der Waals surface area contributed by atoms with Gasteiger partial charge in [-0.05, 0) is 43.8 Å². The molecule has 6 nitrogen and oxygen atoms in total. The number of hydrogen-bond acceptors (Lipinski definition) is 4. The molecule has 21 heavy (non-hydrogen) atoms. The fourth-order valence-electron chi connectivity index (χ4n) is 1.94. The number of ether oxygens (including phenoxy) is 1. The molecule has 0 bridgehead atoms. The van der Waals surface area contributed by atoms with E-state index in [4.69, 9.17) is 17.0 Å². The number of nitrogens with one attached hydrogen (secondary N) is 3. The lowest BCUT2D eigenvalue weighted by Gasteiger charge is -2.11. The highest BCUT2D eigenvalue weighted by atomic mass is 32.1. The average molecular weight is 307 g/mol. The maximum atomic E-state index is 11.6. The highest BCUT2D eigenvalue weighted by molar-refractivity contribution is 7.80. The molecule has 1 aromatic carbocycles. The molecule has 0 spiro atoms. The quantitative estimate of drug-likeness (QED) is 0.417. The maximum absolute atomic E-state index is 11.6. The number of imide groups is 1. The molecule has 7 heteroatoms. The van der Waals surface area contributed by atoms with Crippen LogP contribution in [0, 0.1) is 0 Å². The molecule has 0 saturated heterocycles. The SMILES string of the molecule is CCOCCCNC(=S)Nc1ccc2c(c1)C(=O)NC2=O. The van der Waals surface area contributed by atoms with Gasteiger partial charge < -0.3 is 15.4 Å². The number of carbonyl (C=O) groups excluding carboxylic acids is 2. The second kappa shape index (κ2) is 7.14. The fourth-order valence-corrected chi connectivity index (χ4v) is 2.16. The first kappa shape index (κ1) is 15.4. The summed E-state index contributed by atoms with van der Waals surface area (Å²) in [5.41, 5.74) is 1.42. The molecule has 1 aliphatic rings. The van der Waals surface area contributed by atoms with Crippen molar-refractivity contribution in [3.8, 4) is 0 Å². The Balaban J connectivity index is 1.86. The van der Waals surface area contributed by atoms with Gasteiger partial charge in [0.2, 0.25) is 0 Å². The topological polar surface area (TPSA) is 79.5 Å². The van der Waals surface area contributed by atoms with E-state index >= 15 is 0 Å². The molecule has 0 fully saturated rings. The van der Waals surface area contributed by atoms with E-state index in [-0.39, 0.29) is 11.8 Å². The largest absolute Gasteiger partial charge is 0.382 e. The van der Waals surface area contributed by atoms with Crippen LogP contribution in [0.15, 0.2) is 18.2 Å². The van der Waals surface area contributed by atoms with Gasteiger partial charge in [-0.2, -0.15) is 0 Å². The average Bonchev–Trinajstić information content (AvgIpc) is 2.73. The highest BCUT2D eigenvalue weighted by Gasteiger charge is 2.26. The molecule has 0 radical (unpaired) electrons. The second-order valence-electron chi connectivity index (χ2n) is 4.47. The number of fused-ring (bicyclic) bond motifs is 1.